The second-order valence-corrected chi connectivity index (χ2v) is 4.51. The van der Waals surface area contributed by atoms with Crippen LogP contribution >= 0.6 is 0 Å². The van der Waals surface area contributed by atoms with Gasteiger partial charge in [0.2, 0.25) is 0 Å². The standard InChI is InChI=1S/C18H18/c1-4-17(18-8-6-5-7-9-18)13-16-11-10-14(2)15(3)12-16/h4-13H,1H2,2-3H3. The molecule has 90 valence electrons. The Hall–Kier alpha value is -2.08. The first-order valence-corrected chi connectivity index (χ1v) is 6.17. The van der Waals surface area contributed by atoms with Crippen molar-refractivity contribution in [2.45, 2.75) is 13.8 Å². The SMILES string of the molecule is C=CC(=Cc1ccc(C)c(C)c1)c1ccccc1. The summed E-state index contributed by atoms with van der Waals surface area (Å²) in [4.78, 5) is 0. The summed E-state index contributed by atoms with van der Waals surface area (Å²) in [6, 6.07) is 16.9. The maximum Gasteiger partial charge on any atom is -0.0184 e. The summed E-state index contributed by atoms with van der Waals surface area (Å²) in [6.45, 7) is 8.18. The van der Waals surface area contributed by atoms with Gasteiger partial charge in [0, 0.05) is 0 Å². The Balaban J connectivity index is 2.41. The van der Waals surface area contributed by atoms with Crippen molar-refractivity contribution >= 4 is 11.6 Å². The van der Waals surface area contributed by atoms with Gasteiger partial charge >= 0.3 is 0 Å². The number of benzene rings is 2. The number of rotatable bonds is 3. The molecule has 0 bridgehead atoms. The molecular formula is C18H18. The summed E-state index contributed by atoms with van der Waals surface area (Å²) in [7, 11) is 0. The first-order chi connectivity index (χ1) is 8.70. The predicted octanol–water partition coefficient (Wildman–Crippen LogP) is 5.03. The van der Waals surface area contributed by atoms with E-state index in [0.717, 1.165) is 5.57 Å². The van der Waals surface area contributed by atoms with Gasteiger partial charge in [-0.25, -0.2) is 0 Å². The molecule has 0 aliphatic rings. The molecular weight excluding hydrogens is 216 g/mol. The number of hydrogen-bond acceptors (Lipinski definition) is 0. The minimum Gasteiger partial charge on any atom is -0.0984 e. The van der Waals surface area contributed by atoms with Gasteiger partial charge in [-0.2, -0.15) is 0 Å². The van der Waals surface area contributed by atoms with Gasteiger partial charge < -0.3 is 0 Å². The molecule has 2 rings (SSSR count). The molecule has 0 radical (unpaired) electrons. The molecule has 0 N–H and O–H groups in total. The average molecular weight is 234 g/mol. The van der Waals surface area contributed by atoms with E-state index >= 15 is 0 Å². The van der Waals surface area contributed by atoms with E-state index in [1.165, 1.54) is 22.3 Å². The molecule has 0 aliphatic carbocycles. The van der Waals surface area contributed by atoms with Crippen molar-refractivity contribution in [2.24, 2.45) is 0 Å². The Labute approximate surface area is 109 Å². The smallest absolute Gasteiger partial charge is 0.0184 e. The molecule has 0 saturated carbocycles. The van der Waals surface area contributed by atoms with Crippen LogP contribution in [0.5, 0.6) is 0 Å². The van der Waals surface area contributed by atoms with E-state index in [2.05, 4.69) is 56.8 Å². The highest BCUT2D eigenvalue weighted by Gasteiger charge is 1.98. The van der Waals surface area contributed by atoms with Crippen molar-refractivity contribution in [3.05, 3.63) is 83.4 Å². The largest absolute Gasteiger partial charge is 0.0984 e. The lowest BCUT2D eigenvalue weighted by Crippen LogP contribution is -1.84. The second kappa shape index (κ2) is 5.50. The summed E-state index contributed by atoms with van der Waals surface area (Å²) in [5, 5.41) is 0. The van der Waals surface area contributed by atoms with Crippen LogP contribution in [0.15, 0.2) is 61.2 Å². The highest BCUT2D eigenvalue weighted by molar-refractivity contribution is 5.87. The number of allylic oxidation sites excluding steroid dienone is 2. The molecule has 0 aliphatic heterocycles. The quantitative estimate of drug-likeness (QED) is 0.516. The molecule has 2 aromatic rings. The van der Waals surface area contributed by atoms with Crippen LogP contribution in [0.3, 0.4) is 0 Å². The molecule has 0 fully saturated rings. The monoisotopic (exact) mass is 234 g/mol. The Morgan fingerprint density at radius 3 is 2.28 bits per heavy atom. The maximum absolute atomic E-state index is 3.91. The van der Waals surface area contributed by atoms with Crippen LogP contribution < -0.4 is 0 Å². The Morgan fingerprint density at radius 1 is 0.944 bits per heavy atom. The minimum atomic E-state index is 1.15. The van der Waals surface area contributed by atoms with Crippen molar-refractivity contribution < 1.29 is 0 Å². The Bertz CT molecular complexity index is 574. The zero-order valence-electron chi connectivity index (χ0n) is 11.0. The summed E-state index contributed by atoms with van der Waals surface area (Å²) in [5.74, 6) is 0. The van der Waals surface area contributed by atoms with Gasteiger partial charge in [0.25, 0.3) is 0 Å². The van der Waals surface area contributed by atoms with Crippen LogP contribution in [0.2, 0.25) is 0 Å². The highest BCUT2D eigenvalue weighted by Crippen LogP contribution is 2.20. The summed E-state index contributed by atoms with van der Waals surface area (Å²) < 4.78 is 0. The topological polar surface area (TPSA) is 0 Å². The number of aryl methyl sites for hydroxylation is 2. The van der Waals surface area contributed by atoms with E-state index in [0.29, 0.717) is 0 Å². The molecule has 0 saturated heterocycles. The third-order valence-electron chi connectivity index (χ3n) is 3.18. The third-order valence-corrected chi connectivity index (χ3v) is 3.18. The van der Waals surface area contributed by atoms with Crippen molar-refractivity contribution in [1.29, 1.82) is 0 Å². The van der Waals surface area contributed by atoms with Crippen molar-refractivity contribution in [3.63, 3.8) is 0 Å². The first kappa shape index (κ1) is 12.4. The van der Waals surface area contributed by atoms with Gasteiger partial charge in [0.1, 0.15) is 0 Å². The van der Waals surface area contributed by atoms with Crippen molar-refractivity contribution in [3.8, 4) is 0 Å². The second-order valence-electron chi connectivity index (χ2n) is 4.51. The molecule has 0 heterocycles. The Morgan fingerprint density at radius 2 is 1.67 bits per heavy atom. The van der Waals surface area contributed by atoms with Crippen LogP contribution in [-0.4, -0.2) is 0 Å². The lowest BCUT2D eigenvalue weighted by Gasteiger charge is -2.05. The fourth-order valence-electron chi connectivity index (χ4n) is 1.92. The lowest BCUT2D eigenvalue weighted by molar-refractivity contribution is 1.33. The minimum absolute atomic E-state index is 1.15. The molecule has 0 spiro atoms. The molecule has 0 amide bonds. The van der Waals surface area contributed by atoms with Crippen LogP contribution in [0.4, 0.5) is 0 Å². The first-order valence-electron chi connectivity index (χ1n) is 6.17. The van der Waals surface area contributed by atoms with Crippen molar-refractivity contribution in [2.75, 3.05) is 0 Å². The third kappa shape index (κ3) is 2.78. The zero-order chi connectivity index (χ0) is 13.0. The van der Waals surface area contributed by atoms with Gasteiger partial charge in [0.15, 0.2) is 0 Å². The summed E-state index contributed by atoms with van der Waals surface area (Å²) >= 11 is 0. The number of hydrogen-bond donors (Lipinski definition) is 0. The van der Waals surface area contributed by atoms with Crippen LogP contribution in [0.1, 0.15) is 22.3 Å². The molecule has 0 aromatic heterocycles. The summed E-state index contributed by atoms with van der Waals surface area (Å²) in [5.41, 5.74) is 6.22. The lowest BCUT2D eigenvalue weighted by atomic mass is 10.0. The maximum atomic E-state index is 3.91. The van der Waals surface area contributed by atoms with E-state index in [1.54, 1.807) is 0 Å². The van der Waals surface area contributed by atoms with Gasteiger partial charge in [-0.15, -0.1) is 0 Å². The zero-order valence-corrected chi connectivity index (χ0v) is 11.0. The van der Waals surface area contributed by atoms with Crippen LogP contribution in [0, 0.1) is 13.8 Å². The van der Waals surface area contributed by atoms with Gasteiger partial charge in [-0.05, 0) is 47.8 Å². The Kier molecular flexibility index (Phi) is 3.78. The fraction of sp³-hybridized carbons (Fsp3) is 0.111. The molecule has 0 heteroatoms. The van der Waals surface area contributed by atoms with E-state index in [9.17, 15) is 0 Å². The fourth-order valence-corrected chi connectivity index (χ4v) is 1.92. The summed E-state index contributed by atoms with van der Waals surface area (Å²) in [6.07, 6.45) is 4.08. The highest BCUT2D eigenvalue weighted by atomic mass is 14.0. The van der Waals surface area contributed by atoms with E-state index in [4.69, 9.17) is 0 Å². The van der Waals surface area contributed by atoms with Gasteiger partial charge in [-0.3, -0.25) is 0 Å². The van der Waals surface area contributed by atoms with Gasteiger partial charge in [0.05, 0.1) is 0 Å². The average Bonchev–Trinajstić information content (AvgIpc) is 2.41. The van der Waals surface area contributed by atoms with E-state index in [1.807, 2.05) is 24.3 Å². The van der Waals surface area contributed by atoms with Crippen LogP contribution in [-0.2, 0) is 0 Å². The molecule has 18 heavy (non-hydrogen) atoms. The van der Waals surface area contributed by atoms with Crippen LogP contribution in [0.25, 0.3) is 11.6 Å². The van der Waals surface area contributed by atoms with E-state index in [-0.39, 0.29) is 0 Å². The molecule has 0 atom stereocenters. The molecule has 0 unspecified atom stereocenters. The molecule has 0 nitrogen and oxygen atoms in total. The van der Waals surface area contributed by atoms with Gasteiger partial charge in [-0.1, -0.05) is 61.2 Å². The predicted molar refractivity (Wildman–Crippen MR) is 80.4 cm³/mol. The van der Waals surface area contributed by atoms with E-state index < -0.39 is 0 Å². The van der Waals surface area contributed by atoms with Crippen molar-refractivity contribution in [1.82, 2.24) is 0 Å². The normalized spacial score (nSPS) is 11.3. The molecule has 2 aromatic carbocycles.